The van der Waals surface area contributed by atoms with Gasteiger partial charge in [-0.1, -0.05) is 216 Å². The number of aliphatic carboxylic acids is 1. The summed E-state index contributed by atoms with van der Waals surface area (Å²) in [5, 5.41) is 31.4. The number of carbonyl (C=O) groups excluding carboxylic acids is 3. The summed E-state index contributed by atoms with van der Waals surface area (Å²) in [5.41, 5.74) is 0. The molecule has 3 N–H and O–H groups in total. The second-order valence-corrected chi connectivity index (χ2v) is 20.3. The normalized spacial score (nSPS) is 18.7. The fourth-order valence-corrected chi connectivity index (χ4v) is 8.68. The van der Waals surface area contributed by atoms with Gasteiger partial charge in [-0.2, -0.15) is 0 Å². The van der Waals surface area contributed by atoms with Gasteiger partial charge in [-0.15, -0.1) is 0 Å². The van der Waals surface area contributed by atoms with Gasteiger partial charge in [-0.05, 0) is 89.9 Å². The topological polar surface area (TPSA) is 175 Å². The van der Waals surface area contributed by atoms with Crippen molar-refractivity contribution in [1.29, 1.82) is 0 Å². The first kappa shape index (κ1) is 69.2. The maximum absolute atomic E-state index is 13.2. The van der Waals surface area contributed by atoms with Crippen LogP contribution in [0.2, 0.25) is 0 Å². The molecule has 1 fully saturated rings. The van der Waals surface area contributed by atoms with Crippen LogP contribution in [0.3, 0.4) is 0 Å². The third-order valence-corrected chi connectivity index (χ3v) is 13.3. The number of aliphatic hydroxyl groups is 2. The first-order chi connectivity index (χ1) is 36.6. The lowest BCUT2D eigenvalue weighted by Crippen LogP contribution is -2.61. The standard InChI is InChI=1S/C63H106O12/c1-4-7-10-13-16-19-22-24-26-28-30-32-35-37-40-43-46-49-55(64)71-52-54(73-56(65)50-47-44-41-39-36-33-31-29-27-25-23-20-17-14-11-8-5-2)53-72-63-61(59(68)58(67)60(75-63)62(69)70)74-57(66)51-48-45-42-38-34-21-18-15-12-9-6-3/h7,10,16-17,19-20,24-27,30,32,54,58-61,63,67-68H,4-6,8-9,11-15,18,21-23,28-29,31,33-53H2,1-3H3,(H,69,70)/b10-7-,19-16-,20-17-,26-24-,27-25-,32-30-. The number of carboxylic acids is 1. The molecule has 0 saturated carbocycles. The lowest BCUT2D eigenvalue weighted by atomic mass is 9.98. The van der Waals surface area contributed by atoms with Gasteiger partial charge in [-0.25, -0.2) is 4.79 Å². The van der Waals surface area contributed by atoms with Crippen LogP contribution >= 0.6 is 0 Å². The van der Waals surface area contributed by atoms with Crippen LogP contribution in [0.15, 0.2) is 72.9 Å². The van der Waals surface area contributed by atoms with Crippen LogP contribution < -0.4 is 0 Å². The lowest BCUT2D eigenvalue weighted by Gasteiger charge is -2.40. The van der Waals surface area contributed by atoms with Gasteiger partial charge in [0.15, 0.2) is 24.6 Å². The molecule has 430 valence electrons. The van der Waals surface area contributed by atoms with Gasteiger partial charge < -0.3 is 39.0 Å². The summed E-state index contributed by atoms with van der Waals surface area (Å²) in [6.07, 6.45) is 51.6. The Morgan fingerprint density at radius 3 is 1.31 bits per heavy atom. The molecule has 1 rings (SSSR count). The minimum absolute atomic E-state index is 0.0576. The first-order valence-corrected chi connectivity index (χ1v) is 29.9. The van der Waals surface area contributed by atoms with E-state index >= 15 is 0 Å². The lowest BCUT2D eigenvalue weighted by molar-refractivity contribution is -0.301. The van der Waals surface area contributed by atoms with Crippen LogP contribution in [0.4, 0.5) is 0 Å². The van der Waals surface area contributed by atoms with Gasteiger partial charge in [0.2, 0.25) is 0 Å². The number of unbranched alkanes of at least 4 members (excludes halogenated alkanes) is 24. The molecule has 1 heterocycles. The summed E-state index contributed by atoms with van der Waals surface area (Å²) in [5.74, 6) is -3.15. The predicted octanol–water partition coefficient (Wildman–Crippen LogP) is 15.3. The minimum Gasteiger partial charge on any atom is -0.479 e. The molecular weight excluding hydrogens is 949 g/mol. The Morgan fingerprint density at radius 1 is 0.453 bits per heavy atom. The van der Waals surface area contributed by atoms with Crippen molar-refractivity contribution in [2.45, 2.75) is 289 Å². The van der Waals surface area contributed by atoms with Gasteiger partial charge in [0, 0.05) is 19.3 Å². The zero-order chi connectivity index (χ0) is 54.7. The molecule has 6 atom stereocenters. The van der Waals surface area contributed by atoms with E-state index in [1.807, 2.05) is 0 Å². The van der Waals surface area contributed by atoms with E-state index < -0.39 is 67.3 Å². The van der Waals surface area contributed by atoms with Crippen molar-refractivity contribution in [3.8, 4) is 0 Å². The Hall–Kier alpha value is -3.84. The second-order valence-electron chi connectivity index (χ2n) is 20.3. The molecule has 0 aromatic heterocycles. The smallest absolute Gasteiger partial charge is 0.335 e. The Balaban J connectivity index is 2.71. The van der Waals surface area contributed by atoms with Crippen LogP contribution in [-0.4, -0.2) is 89.2 Å². The van der Waals surface area contributed by atoms with Crippen molar-refractivity contribution in [3.63, 3.8) is 0 Å². The summed E-state index contributed by atoms with van der Waals surface area (Å²) >= 11 is 0. The van der Waals surface area contributed by atoms with E-state index in [2.05, 4.69) is 93.7 Å². The molecule has 1 aliphatic heterocycles. The highest BCUT2D eigenvalue weighted by Gasteiger charge is 2.50. The van der Waals surface area contributed by atoms with Gasteiger partial charge in [0.05, 0.1) is 6.61 Å². The summed E-state index contributed by atoms with van der Waals surface area (Å²) in [6.45, 7) is 5.82. The largest absolute Gasteiger partial charge is 0.479 e. The van der Waals surface area contributed by atoms with Crippen molar-refractivity contribution < 1.29 is 58.2 Å². The number of hydrogen-bond acceptors (Lipinski definition) is 11. The highest BCUT2D eigenvalue weighted by molar-refractivity contribution is 5.74. The fraction of sp³-hybridized carbons (Fsp3) is 0.746. The monoisotopic (exact) mass is 1050 g/mol. The van der Waals surface area contributed by atoms with Gasteiger partial charge in [-0.3, -0.25) is 14.4 Å². The average molecular weight is 1060 g/mol. The molecule has 0 aliphatic carbocycles. The molecule has 0 spiro atoms. The number of esters is 3. The van der Waals surface area contributed by atoms with Crippen molar-refractivity contribution in [2.24, 2.45) is 0 Å². The molecule has 0 amide bonds. The van der Waals surface area contributed by atoms with Gasteiger partial charge in [0.25, 0.3) is 0 Å². The van der Waals surface area contributed by atoms with Crippen molar-refractivity contribution in [2.75, 3.05) is 13.2 Å². The summed E-state index contributed by atoms with van der Waals surface area (Å²) < 4.78 is 28.4. The van der Waals surface area contributed by atoms with Crippen LogP contribution in [0.1, 0.15) is 252 Å². The Labute approximate surface area is 455 Å². The molecule has 12 nitrogen and oxygen atoms in total. The number of carbonyl (C=O) groups is 4. The van der Waals surface area contributed by atoms with E-state index in [-0.39, 0.29) is 25.9 Å². The number of ether oxygens (including phenoxy) is 5. The van der Waals surface area contributed by atoms with Crippen LogP contribution in [0.5, 0.6) is 0 Å². The number of hydrogen-bond donors (Lipinski definition) is 3. The zero-order valence-electron chi connectivity index (χ0n) is 47.3. The first-order valence-electron chi connectivity index (χ1n) is 29.9. The van der Waals surface area contributed by atoms with Gasteiger partial charge >= 0.3 is 23.9 Å². The predicted molar refractivity (Wildman–Crippen MR) is 303 cm³/mol. The minimum atomic E-state index is -1.91. The molecule has 75 heavy (non-hydrogen) atoms. The molecule has 0 bridgehead atoms. The third kappa shape index (κ3) is 41.0. The molecule has 6 unspecified atom stereocenters. The molecule has 1 saturated heterocycles. The van der Waals surface area contributed by atoms with Crippen molar-refractivity contribution in [1.82, 2.24) is 0 Å². The average Bonchev–Trinajstić information content (AvgIpc) is 3.39. The second kappa shape index (κ2) is 50.9. The summed E-state index contributed by atoms with van der Waals surface area (Å²) in [4.78, 5) is 51.1. The van der Waals surface area contributed by atoms with E-state index in [4.69, 9.17) is 23.7 Å². The molecule has 0 aromatic carbocycles. The molecule has 12 heteroatoms. The quantitative estimate of drug-likeness (QED) is 0.0228. The fourth-order valence-electron chi connectivity index (χ4n) is 8.68. The highest BCUT2D eigenvalue weighted by atomic mass is 16.7. The molecule has 0 radical (unpaired) electrons. The Bertz CT molecular complexity index is 1580. The molecular formula is C63H106O12. The van der Waals surface area contributed by atoms with Crippen LogP contribution in [-0.2, 0) is 42.9 Å². The summed E-state index contributed by atoms with van der Waals surface area (Å²) in [7, 11) is 0. The number of carboxylic acid groups (broad SMARTS) is 1. The Kier molecular flexibility index (Phi) is 47.0. The zero-order valence-corrected chi connectivity index (χ0v) is 47.3. The highest BCUT2D eigenvalue weighted by Crippen LogP contribution is 2.26. The van der Waals surface area contributed by atoms with E-state index in [0.29, 0.717) is 19.3 Å². The SMILES string of the molecule is CC/C=C\C/C=C\C/C=C\C/C=C\CCCCCCC(=O)OCC(COC1OC(C(=O)O)C(O)C(O)C1OC(=O)CCCCCCCCCCCCC)OC(=O)CCCCCCCCC/C=C\C/C=C\CCCCC. The van der Waals surface area contributed by atoms with E-state index in [0.717, 1.165) is 122 Å². The van der Waals surface area contributed by atoms with Crippen LogP contribution in [0.25, 0.3) is 0 Å². The van der Waals surface area contributed by atoms with Gasteiger partial charge in [0.1, 0.15) is 18.8 Å². The van der Waals surface area contributed by atoms with Crippen LogP contribution in [0, 0.1) is 0 Å². The van der Waals surface area contributed by atoms with E-state index in [1.54, 1.807) is 0 Å². The molecule has 0 aromatic rings. The van der Waals surface area contributed by atoms with Crippen molar-refractivity contribution in [3.05, 3.63) is 72.9 Å². The maximum Gasteiger partial charge on any atom is 0.335 e. The maximum atomic E-state index is 13.2. The van der Waals surface area contributed by atoms with E-state index in [9.17, 15) is 34.5 Å². The third-order valence-electron chi connectivity index (χ3n) is 13.3. The van der Waals surface area contributed by atoms with E-state index in [1.165, 1.54) is 70.6 Å². The summed E-state index contributed by atoms with van der Waals surface area (Å²) in [6, 6.07) is 0. The number of allylic oxidation sites excluding steroid dienone is 12. The Morgan fingerprint density at radius 2 is 0.840 bits per heavy atom. The molecule has 1 aliphatic rings. The number of aliphatic hydroxyl groups excluding tert-OH is 2. The number of rotatable bonds is 50. The van der Waals surface area contributed by atoms with Crippen molar-refractivity contribution >= 4 is 23.9 Å².